The lowest BCUT2D eigenvalue weighted by Gasteiger charge is -2.10. The van der Waals surface area contributed by atoms with E-state index < -0.39 is 0 Å². The molecule has 0 heterocycles. The Morgan fingerprint density at radius 2 is 1.75 bits per heavy atom. The number of benzene rings is 1. The summed E-state index contributed by atoms with van der Waals surface area (Å²) in [4.78, 5) is 11.3. The molecule has 0 aliphatic carbocycles. The maximum Gasteiger partial charge on any atom is 0.238 e. The molecular formula is C14H22N2O4. The summed E-state index contributed by atoms with van der Waals surface area (Å²) in [6.45, 7) is 2.61. The van der Waals surface area contributed by atoms with Gasteiger partial charge in [-0.25, -0.2) is 5.84 Å². The summed E-state index contributed by atoms with van der Waals surface area (Å²) >= 11 is 0. The zero-order chi connectivity index (χ0) is 14.6. The summed E-state index contributed by atoms with van der Waals surface area (Å²) < 4.78 is 15.7. The molecule has 20 heavy (non-hydrogen) atoms. The molecule has 6 heteroatoms. The van der Waals surface area contributed by atoms with Crippen molar-refractivity contribution in [3.05, 3.63) is 35.4 Å². The molecule has 0 aromatic heterocycles. The Kier molecular flexibility index (Phi) is 8.57. The van der Waals surface area contributed by atoms with E-state index in [0.29, 0.717) is 33.0 Å². The average molecular weight is 282 g/mol. The van der Waals surface area contributed by atoms with Crippen LogP contribution in [-0.4, -0.2) is 39.4 Å². The van der Waals surface area contributed by atoms with Crippen LogP contribution in [0.25, 0.3) is 0 Å². The molecule has 0 fully saturated rings. The number of nitrogens with two attached hydrogens (primary N) is 1. The molecule has 0 atom stereocenters. The summed E-state index contributed by atoms with van der Waals surface area (Å²) in [6.07, 6.45) is 0.250. The molecule has 0 unspecified atom stereocenters. The number of carbonyl (C=O) groups excluding carboxylic acids is 1. The molecule has 1 aromatic carbocycles. The highest BCUT2D eigenvalue weighted by atomic mass is 16.5. The third kappa shape index (κ3) is 6.63. The van der Waals surface area contributed by atoms with Crippen molar-refractivity contribution in [2.24, 2.45) is 5.84 Å². The van der Waals surface area contributed by atoms with Crippen LogP contribution in [-0.2, 0) is 32.0 Å². The minimum Gasteiger partial charge on any atom is -0.382 e. The summed E-state index contributed by atoms with van der Waals surface area (Å²) in [6, 6.07) is 7.63. The second-order valence-electron chi connectivity index (χ2n) is 4.17. The first-order valence-electron chi connectivity index (χ1n) is 6.48. The van der Waals surface area contributed by atoms with Crippen LogP contribution in [0.3, 0.4) is 0 Å². The van der Waals surface area contributed by atoms with Crippen molar-refractivity contribution in [2.75, 3.05) is 33.5 Å². The Labute approximate surface area is 119 Å². The van der Waals surface area contributed by atoms with Crippen LogP contribution in [0.2, 0.25) is 0 Å². The van der Waals surface area contributed by atoms with E-state index >= 15 is 0 Å². The Bertz CT molecular complexity index is 399. The van der Waals surface area contributed by atoms with Crippen molar-refractivity contribution in [1.29, 1.82) is 0 Å². The van der Waals surface area contributed by atoms with Gasteiger partial charge in [-0.05, 0) is 11.1 Å². The van der Waals surface area contributed by atoms with Crippen LogP contribution in [0.15, 0.2) is 24.3 Å². The second-order valence-corrected chi connectivity index (χ2v) is 4.17. The van der Waals surface area contributed by atoms with Crippen LogP contribution in [0.1, 0.15) is 11.1 Å². The number of hydrogen-bond donors (Lipinski definition) is 2. The highest BCUT2D eigenvalue weighted by molar-refractivity contribution is 5.78. The molecule has 1 amide bonds. The topological polar surface area (TPSA) is 82.8 Å². The lowest BCUT2D eigenvalue weighted by molar-refractivity contribution is -0.120. The van der Waals surface area contributed by atoms with Gasteiger partial charge >= 0.3 is 0 Å². The summed E-state index contributed by atoms with van der Waals surface area (Å²) in [5.41, 5.74) is 4.02. The van der Waals surface area contributed by atoms with Gasteiger partial charge in [0.15, 0.2) is 0 Å². The number of ether oxygens (including phenoxy) is 3. The van der Waals surface area contributed by atoms with Gasteiger partial charge in [-0.3, -0.25) is 10.2 Å². The quantitative estimate of drug-likeness (QED) is 0.281. The van der Waals surface area contributed by atoms with Crippen LogP contribution < -0.4 is 11.3 Å². The van der Waals surface area contributed by atoms with Crippen LogP contribution >= 0.6 is 0 Å². The molecular weight excluding hydrogens is 260 g/mol. The molecule has 112 valence electrons. The van der Waals surface area contributed by atoms with E-state index in [1.54, 1.807) is 7.11 Å². The fourth-order valence-electron chi connectivity index (χ4n) is 1.64. The van der Waals surface area contributed by atoms with Crippen LogP contribution in [0, 0.1) is 0 Å². The Hall–Kier alpha value is -1.47. The minimum absolute atomic E-state index is 0.222. The maximum atomic E-state index is 11.3. The molecule has 0 spiro atoms. The SMILES string of the molecule is COCCOCCOCc1ccccc1CC(=O)NN. The van der Waals surface area contributed by atoms with E-state index in [0.717, 1.165) is 11.1 Å². The maximum absolute atomic E-state index is 11.3. The van der Waals surface area contributed by atoms with Crippen LogP contribution in [0.4, 0.5) is 0 Å². The van der Waals surface area contributed by atoms with Crippen molar-refractivity contribution in [2.45, 2.75) is 13.0 Å². The Morgan fingerprint density at radius 3 is 2.45 bits per heavy atom. The Morgan fingerprint density at radius 1 is 1.10 bits per heavy atom. The summed E-state index contributed by atoms with van der Waals surface area (Å²) in [5, 5.41) is 0. The molecule has 1 aromatic rings. The van der Waals surface area contributed by atoms with E-state index in [-0.39, 0.29) is 12.3 Å². The molecule has 0 saturated heterocycles. The number of amides is 1. The third-order valence-electron chi connectivity index (χ3n) is 2.69. The van der Waals surface area contributed by atoms with Gasteiger partial charge in [-0.15, -0.1) is 0 Å². The fourth-order valence-corrected chi connectivity index (χ4v) is 1.64. The van der Waals surface area contributed by atoms with Crippen molar-refractivity contribution in [1.82, 2.24) is 5.43 Å². The lowest BCUT2D eigenvalue weighted by Crippen LogP contribution is -2.31. The number of carbonyl (C=O) groups is 1. The number of nitrogens with one attached hydrogen (secondary N) is 1. The predicted octanol–water partition coefficient (Wildman–Crippen LogP) is 0.399. The number of methoxy groups -OCH3 is 1. The lowest BCUT2D eigenvalue weighted by atomic mass is 10.1. The highest BCUT2D eigenvalue weighted by Gasteiger charge is 2.06. The smallest absolute Gasteiger partial charge is 0.238 e. The summed E-state index contributed by atoms with van der Waals surface area (Å²) in [7, 11) is 1.63. The van der Waals surface area contributed by atoms with Gasteiger partial charge < -0.3 is 14.2 Å². The standard InChI is InChI=1S/C14H22N2O4/c1-18-6-7-19-8-9-20-11-13-5-3-2-4-12(13)10-14(17)16-15/h2-5H,6-11,15H2,1H3,(H,16,17). The molecule has 0 bridgehead atoms. The van der Waals surface area contributed by atoms with E-state index in [4.69, 9.17) is 20.1 Å². The van der Waals surface area contributed by atoms with Gasteiger partial charge in [0.2, 0.25) is 5.91 Å². The zero-order valence-electron chi connectivity index (χ0n) is 11.8. The monoisotopic (exact) mass is 282 g/mol. The molecule has 0 saturated carbocycles. The first kappa shape index (κ1) is 16.6. The normalized spacial score (nSPS) is 10.5. The van der Waals surface area contributed by atoms with Gasteiger partial charge in [0.05, 0.1) is 39.5 Å². The van der Waals surface area contributed by atoms with Gasteiger partial charge in [0.1, 0.15) is 0 Å². The second kappa shape index (κ2) is 10.3. The van der Waals surface area contributed by atoms with E-state index in [9.17, 15) is 4.79 Å². The van der Waals surface area contributed by atoms with Crippen molar-refractivity contribution in [3.8, 4) is 0 Å². The number of hydrogen-bond acceptors (Lipinski definition) is 5. The predicted molar refractivity (Wildman–Crippen MR) is 74.8 cm³/mol. The van der Waals surface area contributed by atoms with E-state index in [2.05, 4.69) is 5.43 Å². The molecule has 0 aliphatic heterocycles. The molecule has 6 nitrogen and oxygen atoms in total. The van der Waals surface area contributed by atoms with Crippen molar-refractivity contribution < 1.29 is 19.0 Å². The molecule has 0 aliphatic rings. The first-order valence-corrected chi connectivity index (χ1v) is 6.48. The van der Waals surface area contributed by atoms with Gasteiger partial charge in [0, 0.05) is 7.11 Å². The molecule has 0 radical (unpaired) electrons. The first-order chi connectivity index (χ1) is 9.77. The van der Waals surface area contributed by atoms with Gasteiger partial charge in [-0.1, -0.05) is 24.3 Å². The zero-order valence-corrected chi connectivity index (χ0v) is 11.8. The average Bonchev–Trinajstić information content (AvgIpc) is 2.47. The third-order valence-corrected chi connectivity index (χ3v) is 2.69. The fraction of sp³-hybridized carbons (Fsp3) is 0.500. The van der Waals surface area contributed by atoms with Crippen molar-refractivity contribution in [3.63, 3.8) is 0 Å². The molecule has 3 N–H and O–H groups in total. The van der Waals surface area contributed by atoms with Gasteiger partial charge in [0.25, 0.3) is 0 Å². The Balaban J connectivity index is 2.30. The van der Waals surface area contributed by atoms with E-state index in [1.807, 2.05) is 24.3 Å². The largest absolute Gasteiger partial charge is 0.382 e. The van der Waals surface area contributed by atoms with Crippen LogP contribution in [0.5, 0.6) is 0 Å². The highest BCUT2D eigenvalue weighted by Crippen LogP contribution is 2.10. The summed E-state index contributed by atoms with van der Waals surface area (Å²) in [5.74, 6) is 4.87. The van der Waals surface area contributed by atoms with Crippen molar-refractivity contribution >= 4 is 5.91 Å². The minimum atomic E-state index is -0.222. The number of rotatable bonds is 10. The van der Waals surface area contributed by atoms with Gasteiger partial charge in [-0.2, -0.15) is 0 Å². The number of hydrazine groups is 1. The molecule has 1 rings (SSSR count). The van der Waals surface area contributed by atoms with E-state index in [1.165, 1.54) is 0 Å².